The lowest BCUT2D eigenvalue weighted by Gasteiger charge is -2.25. The summed E-state index contributed by atoms with van der Waals surface area (Å²) in [5, 5.41) is 5.52. The Hall–Kier alpha value is -2.80. The van der Waals surface area contributed by atoms with Crippen molar-refractivity contribution in [3.8, 4) is 0 Å². The molecule has 1 aliphatic rings. The van der Waals surface area contributed by atoms with Crippen molar-refractivity contribution >= 4 is 44.2 Å². The molecule has 2 heterocycles. The molecule has 1 aromatic carbocycles. The standard InChI is InChI=1S/C22H29N5O5S2/c1-6-27-12-11-16-17(13-27)33-21(18(16)20(29)24-22(30)25(2)3)23-19(28)14-7-9-15(10-8-14)34(31,32)26(4)5/h7-10H,6,11-13H2,1-5H3,(H,23,28)(H,24,29,30). The van der Waals surface area contributed by atoms with Gasteiger partial charge < -0.3 is 10.2 Å². The number of imide groups is 1. The van der Waals surface area contributed by atoms with E-state index in [1.165, 1.54) is 68.7 Å². The van der Waals surface area contributed by atoms with Gasteiger partial charge in [0.25, 0.3) is 11.8 Å². The van der Waals surface area contributed by atoms with Crippen LogP contribution in [-0.2, 0) is 23.0 Å². The van der Waals surface area contributed by atoms with Gasteiger partial charge in [-0.25, -0.2) is 17.5 Å². The highest BCUT2D eigenvalue weighted by Crippen LogP contribution is 2.37. The first-order valence-corrected chi connectivity index (χ1v) is 12.9. The summed E-state index contributed by atoms with van der Waals surface area (Å²) in [4.78, 5) is 42.6. The minimum Gasteiger partial charge on any atom is -0.331 e. The zero-order chi connectivity index (χ0) is 25.2. The number of amides is 4. The summed E-state index contributed by atoms with van der Waals surface area (Å²) in [5.41, 5.74) is 1.38. The van der Waals surface area contributed by atoms with E-state index < -0.39 is 27.9 Å². The molecular weight excluding hydrogens is 478 g/mol. The Morgan fingerprint density at radius 1 is 1.06 bits per heavy atom. The summed E-state index contributed by atoms with van der Waals surface area (Å²) in [5.74, 6) is -1.04. The van der Waals surface area contributed by atoms with Crippen molar-refractivity contribution in [3.63, 3.8) is 0 Å². The predicted molar refractivity (Wildman–Crippen MR) is 131 cm³/mol. The monoisotopic (exact) mass is 507 g/mol. The van der Waals surface area contributed by atoms with Crippen LogP contribution in [0.2, 0.25) is 0 Å². The van der Waals surface area contributed by atoms with Gasteiger partial charge in [0, 0.05) is 51.7 Å². The highest BCUT2D eigenvalue weighted by molar-refractivity contribution is 7.89. The van der Waals surface area contributed by atoms with Crippen LogP contribution in [0.1, 0.15) is 38.1 Å². The average Bonchev–Trinajstić information content (AvgIpc) is 3.15. The number of nitrogens with zero attached hydrogens (tertiary/aromatic N) is 3. The summed E-state index contributed by atoms with van der Waals surface area (Å²) < 4.78 is 25.6. The smallest absolute Gasteiger partial charge is 0.323 e. The summed E-state index contributed by atoms with van der Waals surface area (Å²) >= 11 is 1.32. The SMILES string of the molecule is CCN1CCc2c(sc(NC(=O)c3ccc(S(=O)(=O)N(C)C)cc3)c2C(=O)NC(=O)N(C)C)C1. The number of nitrogens with one attached hydrogen (secondary N) is 2. The Kier molecular flexibility index (Phi) is 7.76. The number of sulfonamides is 1. The molecule has 2 N–H and O–H groups in total. The Labute approximate surface area is 203 Å². The first kappa shape index (κ1) is 25.8. The van der Waals surface area contributed by atoms with E-state index in [-0.39, 0.29) is 10.5 Å². The number of anilines is 1. The van der Waals surface area contributed by atoms with Gasteiger partial charge in [0.15, 0.2) is 0 Å². The van der Waals surface area contributed by atoms with Gasteiger partial charge in [-0.15, -0.1) is 11.3 Å². The molecule has 0 aliphatic carbocycles. The molecule has 0 spiro atoms. The third kappa shape index (κ3) is 5.30. The van der Waals surface area contributed by atoms with Crippen molar-refractivity contribution in [2.45, 2.75) is 24.8 Å². The number of likely N-dealkylation sites (N-methyl/N-ethyl adjacent to an activating group) is 1. The largest absolute Gasteiger partial charge is 0.331 e. The molecule has 1 aliphatic heterocycles. The van der Waals surface area contributed by atoms with Gasteiger partial charge in [0.05, 0.1) is 10.5 Å². The highest BCUT2D eigenvalue weighted by atomic mass is 32.2. The summed E-state index contributed by atoms with van der Waals surface area (Å²) in [6.07, 6.45) is 0.630. The second kappa shape index (κ2) is 10.2. The molecule has 4 amide bonds. The first-order valence-electron chi connectivity index (χ1n) is 10.7. The maximum absolute atomic E-state index is 13.0. The molecule has 2 aromatic rings. The van der Waals surface area contributed by atoms with Gasteiger partial charge >= 0.3 is 6.03 Å². The molecule has 184 valence electrons. The number of carbonyl (C=O) groups is 3. The van der Waals surface area contributed by atoms with Gasteiger partial charge in [0.1, 0.15) is 5.00 Å². The zero-order valence-corrected chi connectivity index (χ0v) is 21.5. The first-order chi connectivity index (χ1) is 15.9. The lowest BCUT2D eigenvalue weighted by atomic mass is 10.0. The number of carbonyl (C=O) groups excluding carboxylic acids is 3. The highest BCUT2D eigenvalue weighted by Gasteiger charge is 2.29. The molecule has 12 heteroatoms. The van der Waals surface area contributed by atoms with Crippen LogP contribution in [0.4, 0.5) is 9.80 Å². The molecule has 0 fully saturated rings. The van der Waals surface area contributed by atoms with Crippen LogP contribution >= 0.6 is 11.3 Å². The van der Waals surface area contributed by atoms with Crippen LogP contribution in [-0.4, -0.2) is 81.6 Å². The second-order valence-corrected chi connectivity index (χ2v) is 11.5. The molecular formula is C22H29N5O5S2. The molecule has 34 heavy (non-hydrogen) atoms. The van der Waals surface area contributed by atoms with Crippen LogP contribution in [0, 0.1) is 0 Å². The Morgan fingerprint density at radius 3 is 2.26 bits per heavy atom. The number of urea groups is 1. The lowest BCUT2D eigenvalue weighted by molar-refractivity contribution is 0.0956. The third-order valence-corrected chi connectivity index (χ3v) is 8.52. The van der Waals surface area contributed by atoms with Crippen LogP contribution < -0.4 is 10.6 Å². The molecule has 0 unspecified atom stereocenters. The molecule has 0 saturated heterocycles. The molecule has 3 rings (SSSR count). The van der Waals surface area contributed by atoms with Gasteiger partial charge in [-0.3, -0.25) is 19.8 Å². The van der Waals surface area contributed by atoms with Crippen LogP contribution in [0.3, 0.4) is 0 Å². The third-order valence-electron chi connectivity index (χ3n) is 5.56. The van der Waals surface area contributed by atoms with Gasteiger partial charge in [-0.2, -0.15) is 0 Å². The van der Waals surface area contributed by atoms with E-state index in [1.807, 2.05) is 0 Å². The summed E-state index contributed by atoms with van der Waals surface area (Å²) in [6.45, 7) is 4.36. The number of hydrogen-bond donors (Lipinski definition) is 2. The number of fused-ring (bicyclic) bond motifs is 1. The van der Waals surface area contributed by atoms with Crippen molar-refractivity contribution in [3.05, 3.63) is 45.8 Å². The molecule has 0 radical (unpaired) electrons. The average molecular weight is 508 g/mol. The molecule has 1 aromatic heterocycles. The predicted octanol–water partition coefficient (Wildman–Crippen LogP) is 2.04. The van der Waals surface area contributed by atoms with E-state index in [9.17, 15) is 22.8 Å². The zero-order valence-electron chi connectivity index (χ0n) is 19.8. The number of benzene rings is 1. The number of thiophene rings is 1. The minimum atomic E-state index is -3.61. The molecule has 0 atom stereocenters. The van der Waals surface area contributed by atoms with Crippen molar-refractivity contribution < 1.29 is 22.8 Å². The Morgan fingerprint density at radius 2 is 1.71 bits per heavy atom. The molecule has 10 nitrogen and oxygen atoms in total. The Balaban J connectivity index is 1.91. The van der Waals surface area contributed by atoms with Crippen LogP contribution in [0.25, 0.3) is 0 Å². The summed E-state index contributed by atoms with van der Waals surface area (Å²) in [6, 6.07) is 5.03. The fraction of sp³-hybridized carbons (Fsp3) is 0.409. The fourth-order valence-electron chi connectivity index (χ4n) is 3.49. The molecule has 0 bridgehead atoms. The van der Waals surface area contributed by atoms with E-state index in [2.05, 4.69) is 22.5 Å². The number of hydrogen-bond acceptors (Lipinski definition) is 7. The minimum absolute atomic E-state index is 0.0718. The van der Waals surface area contributed by atoms with E-state index in [0.717, 1.165) is 27.8 Å². The fourth-order valence-corrected chi connectivity index (χ4v) is 5.67. The number of rotatable bonds is 6. The summed E-state index contributed by atoms with van der Waals surface area (Å²) in [7, 11) is 2.32. The normalized spacial score (nSPS) is 13.9. The topological polar surface area (TPSA) is 119 Å². The lowest BCUT2D eigenvalue weighted by Crippen LogP contribution is -2.39. The van der Waals surface area contributed by atoms with Gasteiger partial charge in [-0.05, 0) is 42.8 Å². The quantitative estimate of drug-likeness (QED) is 0.618. The van der Waals surface area contributed by atoms with Crippen molar-refractivity contribution in [1.82, 2.24) is 19.4 Å². The van der Waals surface area contributed by atoms with E-state index in [4.69, 9.17) is 0 Å². The van der Waals surface area contributed by atoms with E-state index in [0.29, 0.717) is 23.5 Å². The van der Waals surface area contributed by atoms with Crippen LogP contribution in [0.15, 0.2) is 29.2 Å². The maximum atomic E-state index is 13.0. The van der Waals surface area contributed by atoms with Crippen molar-refractivity contribution in [2.24, 2.45) is 0 Å². The molecule has 0 saturated carbocycles. The van der Waals surface area contributed by atoms with Crippen molar-refractivity contribution in [1.29, 1.82) is 0 Å². The van der Waals surface area contributed by atoms with Gasteiger partial charge in [0.2, 0.25) is 10.0 Å². The van der Waals surface area contributed by atoms with Crippen LogP contribution in [0.5, 0.6) is 0 Å². The Bertz CT molecular complexity index is 1200. The van der Waals surface area contributed by atoms with Crippen molar-refractivity contribution in [2.75, 3.05) is 46.6 Å². The maximum Gasteiger partial charge on any atom is 0.323 e. The second-order valence-electron chi connectivity index (χ2n) is 8.25. The van der Waals surface area contributed by atoms with Gasteiger partial charge in [-0.1, -0.05) is 6.92 Å². The van der Waals surface area contributed by atoms with E-state index >= 15 is 0 Å². The van der Waals surface area contributed by atoms with E-state index in [1.54, 1.807) is 0 Å².